The van der Waals surface area contributed by atoms with Gasteiger partial charge >= 0.3 is 0 Å². The fourth-order valence-corrected chi connectivity index (χ4v) is 2.59. The summed E-state index contributed by atoms with van der Waals surface area (Å²) in [5.41, 5.74) is 1.81. The molecule has 1 amide bonds. The van der Waals surface area contributed by atoms with Crippen LogP contribution in [0.2, 0.25) is 0 Å². The fourth-order valence-electron chi connectivity index (χ4n) is 1.53. The number of amides is 1. The van der Waals surface area contributed by atoms with Crippen molar-refractivity contribution >= 4 is 33.2 Å². The molecule has 1 aromatic heterocycles. The van der Waals surface area contributed by atoms with E-state index in [2.05, 4.69) is 21.2 Å². The molecule has 1 N–H and O–H groups in total. The van der Waals surface area contributed by atoms with Gasteiger partial charge in [-0.2, -0.15) is 11.3 Å². The lowest BCUT2D eigenvalue weighted by atomic mass is 10.1. The van der Waals surface area contributed by atoms with Gasteiger partial charge in [-0.05, 0) is 36.1 Å². The van der Waals surface area contributed by atoms with Gasteiger partial charge in [-0.15, -0.1) is 0 Å². The smallest absolute Gasteiger partial charge is 0.252 e. The summed E-state index contributed by atoms with van der Waals surface area (Å²) in [6.45, 7) is 1.98. The van der Waals surface area contributed by atoms with Crippen molar-refractivity contribution in [3.63, 3.8) is 0 Å². The molecular formula is C13H12BrNOS. The molecule has 0 aliphatic rings. The van der Waals surface area contributed by atoms with Crippen LogP contribution in [0.25, 0.3) is 0 Å². The van der Waals surface area contributed by atoms with Crippen molar-refractivity contribution in [3.05, 3.63) is 56.7 Å². The van der Waals surface area contributed by atoms with Crippen LogP contribution in [-0.4, -0.2) is 5.91 Å². The van der Waals surface area contributed by atoms with E-state index in [0.29, 0.717) is 0 Å². The molecule has 0 spiro atoms. The summed E-state index contributed by atoms with van der Waals surface area (Å²) in [7, 11) is 0. The van der Waals surface area contributed by atoms with Crippen LogP contribution in [0, 0.1) is 0 Å². The zero-order valence-electron chi connectivity index (χ0n) is 9.31. The van der Waals surface area contributed by atoms with E-state index < -0.39 is 0 Å². The third-order valence-electron chi connectivity index (χ3n) is 2.48. The number of thiophene rings is 1. The third-order valence-corrected chi connectivity index (χ3v) is 3.66. The summed E-state index contributed by atoms with van der Waals surface area (Å²) in [5.74, 6) is -0.0290. The lowest BCUT2D eigenvalue weighted by Gasteiger charge is -2.14. The summed E-state index contributed by atoms with van der Waals surface area (Å²) in [6, 6.07) is 9.78. The minimum atomic E-state index is -0.0290. The molecule has 2 rings (SSSR count). The topological polar surface area (TPSA) is 29.1 Å². The first kappa shape index (κ1) is 12.3. The maximum atomic E-state index is 11.9. The Labute approximate surface area is 113 Å². The molecule has 0 saturated heterocycles. The predicted molar refractivity (Wildman–Crippen MR) is 74.3 cm³/mol. The number of rotatable bonds is 3. The van der Waals surface area contributed by atoms with Gasteiger partial charge in [0.2, 0.25) is 0 Å². The molecule has 0 bridgehead atoms. The standard InChI is InChI=1S/C13H12BrNOS/c1-9(10-3-2-4-12(14)7-10)15-13(16)11-5-6-17-8-11/h2-9H,1H3,(H,15,16). The zero-order valence-corrected chi connectivity index (χ0v) is 11.7. The Hall–Kier alpha value is -1.13. The van der Waals surface area contributed by atoms with E-state index in [1.54, 1.807) is 0 Å². The predicted octanol–water partition coefficient (Wildman–Crippen LogP) is 4.00. The Bertz CT molecular complexity index is 510. The second-order valence-corrected chi connectivity index (χ2v) is 5.46. The van der Waals surface area contributed by atoms with E-state index in [0.717, 1.165) is 15.6 Å². The van der Waals surface area contributed by atoms with Crippen molar-refractivity contribution in [3.8, 4) is 0 Å². The minimum Gasteiger partial charge on any atom is -0.345 e. The zero-order chi connectivity index (χ0) is 12.3. The number of carbonyl (C=O) groups is 1. The van der Waals surface area contributed by atoms with Crippen molar-refractivity contribution in [1.29, 1.82) is 0 Å². The van der Waals surface area contributed by atoms with Crippen LogP contribution in [-0.2, 0) is 0 Å². The largest absolute Gasteiger partial charge is 0.345 e. The maximum Gasteiger partial charge on any atom is 0.252 e. The second-order valence-electron chi connectivity index (χ2n) is 3.76. The quantitative estimate of drug-likeness (QED) is 0.912. The van der Waals surface area contributed by atoms with Gasteiger partial charge in [0.25, 0.3) is 5.91 Å². The Morgan fingerprint density at radius 3 is 2.88 bits per heavy atom. The van der Waals surface area contributed by atoms with Gasteiger partial charge in [-0.3, -0.25) is 4.79 Å². The molecular weight excluding hydrogens is 298 g/mol. The van der Waals surface area contributed by atoms with Crippen LogP contribution in [0.5, 0.6) is 0 Å². The highest BCUT2D eigenvalue weighted by Gasteiger charge is 2.11. The lowest BCUT2D eigenvalue weighted by molar-refractivity contribution is 0.0940. The van der Waals surface area contributed by atoms with E-state index in [9.17, 15) is 4.79 Å². The van der Waals surface area contributed by atoms with Gasteiger partial charge in [-0.25, -0.2) is 0 Å². The first-order valence-corrected chi connectivity index (χ1v) is 6.99. The average molecular weight is 310 g/mol. The van der Waals surface area contributed by atoms with E-state index in [-0.39, 0.29) is 11.9 Å². The molecule has 17 heavy (non-hydrogen) atoms. The molecule has 4 heteroatoms. The Morgan fingerprint density at radius 1 is 1.41 bits per heavy atom. The summed E-state index contributed by atoms with van der Waals surface area (Å²) < 4.78 is 1.02. The second kappa shape index (κ2) is 5.47. The molecule has 2 nitrogen and oxygen atoms in total. The lowest BCUT2D eigenvalue weighted by Crippen LogP contribution is -2.26. The molecule has 0 radical (unpaired) electrons. The molecule has 2 aromatic rings. The van der Waals surface area contributed by atoms with Crippen LogP contribution in [0.15, 0.2) is 45.6 Å². The Kier molecular flexibility index (Phi) is 3.97. The molecule has 1 atom stereocenters. The fraction of sp³-hybridized carbons (Fsp3) is 0.154. The van der Waals surface area contributed by atoms with E-state index in [1.165, 1.54) is 11.3 Å². The number of nitrogens with one attached hydrogen (secondary N) is 1. The SMILES string of the molecule is CC(NC(=O)c1ccsc1)c1cccc(Br)c1. The highest BCUT2D eigenvalue weighted by atomic mass is 79.9. The normalized spacial score (nSPS) is 12.1. The van der Waals surface area contributed by atoms with E-state index >= 15 is 0 Å². The minimum absolute atomic E-state index is 0.0000926. The summed E-state index contributed by atoms with van der Waals surface area (Å²) in [5, 5.41) is 6.72. The van der Waals surface area contributed by atoms with Gasteiger partial charge in [0.05, 0.1) is 11.6 Å². The number of hydrogen-bond acceptors (Lipinski definition) is 2. The Balaban J connectivity index is 2.07. The molecule has 0 aliphatic carbocycles. The van der Waals surface area contributed by atoms with E-state index in [1.807, 2.05) is 48.0 Å². The first-order chi connectivity index (χ1) is 8.16. The van der Waals surface area contributed by atoms with Crippen LogP contribution in [0.1, 0.15) is 28.9 Å². The number of hydrogen-bond donors (Lipinski definition) is 1. The van der Waals surface area contributed by atoms with Crippen LogP contribution >= 0.6 is 27.3 Å². The van der Waals surface area contributed by atoms with Gasteiger partial charge in [0.1, 0.15) is 0 Å². The van der Waals surface area contributed by atoms with Gasteiger partial charge in [0.15, 0.2) is 0 Å². The first-order valence-electron chi connectivity index (χ1n) is 5.25. The van der Waals surface area contributed by atoms with Crippen molar-refractivity contribution in [2.45, 2.75) is 13.0 Å². The third kappa shape index (κ3) is 3.17. The van der Waals surface area contributed by atoms with Gasteiger partial charge in [0, 0.05) is 9.85 Å². The molecule has 88 valence electrons. The maximum absolute atomic E-state index is 11.9. The number of carbonyl (C=O) groups excluding carboxylic acids is 1. The van der Waals surface area contributed by atoms with Gasteiger partial charge < -0.3 is 5.32 Å². The molecule has 0 fully saturated rings. The molecule has 0 saturated carbocycles. The van der Waals surface area contributed by atoms with Crippen LogP contribution in [0.3, 0.4) is 0 Å². The number of halogens is 1. The summed E-state index contributed by atoms with van der Waals surface area (Å²) >= 11 is 4.95. The summed E-state index contributed by atoms with van der Waals surface area (Å²) in [4.78, 5) is 11.9. The molecule has 1 unspecified atom stereocenters. The highest BCUT2D eigenvalue weighted by molar-refractivity contribution is 9.10. The van der Waals surface area contributed by atoms with Crippen LogP contribution < -0.4 is 5.32 Å². The molecule has 1 heterocycles. The van der Waals surface area contributed by atoms with Gasteiger partial charge in [-0.1, -0.05) is 28.1 Å². The monoisotopic (exact) mass is 309 g/mol. The van der Waals surface area contributed by atoms with Crippen LogP contribution in [0.4, 0.5) is 0 Å². The van der Waals surface area contributed by atoms with E-state index in [4.69, 9.17) is 0 Å². The Morgan fingerprint density at radius 2 is 2.24 bits per heavy atom. The average Bonchev–Trinajstić information content (AvgIpc) is 2.82. The molecule has 1 aromatic carbocycles. The van der Waals surface area contributed by atoms with Crippen molar-refractivity contribution in [2.75, 3.05) is 0 Å². The molecule has 0 aliphatic heterocycles. The van der Waals surface area contributed by atoms with Crippen molar-refractivity contribution in [2.24, 2.45) is 0 Å². The van der Waals surface area contributed by atoms with Crippen molar-refractivity contribution in [1.82, 2.24) is 5.32 Å². The highest BCUT2D eigenvalue weighted by Crippen LogP contribution is 2.18. The van der Waals surface area contributed by atoms with Crippen molar-refractivity contribution < 1.29 is 4.79 Å². The summed E-state index contributed by atoms with van der Waals surface area (Å²) in [6.07, 6.45) is 0. The number of benzene rings is 1.